The van der Waals surface area contributed by atoms with E-state index in [1.165, 1.54) is 5.56 Å². The summed E-state index contributed by atoms with van der Waals surface area (Å²) in [5.74, 6) is 0.0457. The Labute approximate surface area is 167 Å². The van der Waals surface area contributed by atoms with Crippen molar-refractivity contribution < 1.29 is 9.63 Å². The zero-order chi connectivity index (χ0) is 18.6. The summed E-state index contributed by atoms with van der Waals surface area (Å²) in [6, 6.07) is 14.2. The van der Waals surface area contributed by atoms with Gasteiger partial charge in [-0.3, -0.25) is 9.78 Å². The molecular formula is C21H22BrN3O2. The number of pyridine rings is 1. The molecule has 0 N–H and O–H groups in total. The molecule has 2 aliphatic rings. The molecular weight excluding hydrogens is 406 g/mol. The zero-order valence-corrected chi connectivity index (χ0v) is 16.6. The molecule has 1 fully saturated rings. The number of nitrogens with zero attached hydrogens (tertiary/aromatic N) is 3. The molecule has 0 spiro atoms. The molecule has 1 amide bonds. The minimum atomic E-state index is -0.537. The Bertz CT molecular complexity index is 840. The molecule has 2 aliphatic heterocycles. The maximum Gasteiger partial charge on any atom is 0.267 e. The van der Waals surface area contributed by atoms with Gasteiger partial charge in [0.15, 0.2) is 0 Å². The van der Waals surface area contributed by atoms with Crippen molar-refractivity contribution in [3.8, 4) is 0 Å². The maximum atomic E-state index is 13.1. The molecule has 1 aromatic carbocycles. The minimum Gasteiger partial charge on any atom is -0.382 e. The number of aromatic nitrogens is 1. The third-order valence-electron chi connectivity index (χ3n) is 5.18. The molecule has 2 atom stereocenters. The number of likely N-dealkylation sites (tertiary alicyclic amines) is 1. The van der Waals surface area contributed by atoms with Crippen LogP contribution in [0.1, 0.15) is 36.9 Å². The highest BCUT2D eigenvalue weighted by Crippen LogP contribution is 2.25. The van der Waals surface area contributed by atoms with Crippen molar-refractivity contribution in [1.82, 2.24) is 9.88 Å². The van der Waals surface area contributed by atoms with E-state index in [9.17, 15) is 4.79 Å². The van der Waals surface area contributed by atoms with Gasteiger partial charge in [-0.15, -0.1) is 0 Å². The van der Waals surface area contributed by atoms with Crippen LogP contribution in [0.15, 0.2) is 58.3 Å². The van der Waals surface area contributed by atoms with Gasteiger partial charge in [0.1, 0.15) is 5.71 Å². The van der Waals surface area contributed by atoms with E-state index < -0.39 is 6.10 Å². The topological polar surface area (TPSA) is 54.8 Å². The van der Waals surface area contributed by atoms with Gasteiger partial charge in [0.05, 0.1) is 5.69 Å². The Balaban J connectivity index is 1.44. The second-order valence-electron chi connectivity index (χ2n) is 7.07. The Morgan fingerprint density at radius 2 is 2.15 bits per heavy atom. The van der Waals surface area contributed by atoms with Crippen molar-refractivity contribution in [2.45, 2.75) is 44.2 Å². The highest BCUT2D eigenvalue weighted by molar-refractivity contribution is 9.10. The lowest BCUT2D eigenvalue weighted by Gasteiger charge is -2.37. The van der Waals surface area contributed by atoms with Crippen LogP contribution in [0, 0.1) is 0 Å². The number of hydrogen-bond donors (Lipinski definition) is 0. The SMILES string of the molecule is O=C(C1CC(c2ccccn2)=NO1)N1CCCCC1Cc1cccc(Br)c1. The molecule has 1 saturated heterocycles. The average molecular weight is 428 g/mol. The van der Waals surface area contributed by atoms with Gasteiger partial charge in [-0.25, -0.2) is 0 Å². The van der Waals surface area contributed by atoms with Gasteiger partial charge in [0.2, 0.25) is 6.10 Å². The molecule has 5 nitrogen and oxygen atoms in total. The molecule has 6 heteroatoms. The summed E-state index contributed by atoms with van der Waals surface area (Å²) in [6.07, 6.45) is 5.77. The Hall–Kier alpha value is -2.21. The molecule has 140 valence electrons. The van der Waals surface area contributed by atoms with Gasteiger partial charge < -0.3 is 9.74 Å². The van der Waals surface area contributed by atoms with E-state index >= 15 is 0 Å². The summed E-state index contributed by atoms with van der Waals surface area (Å²) < 4.78 is 1.07. The number of benzene rings is 1. The van der Waals surface area contributed by atoms with Crippen molar-refractivity contribution in [2.75, 3.05) is 6.54 Å². The second kappa shape index (κ2) is 8.21. The molecule has 3 heterocycles. The molecule has 27 heavy (non-hydrogen) atoms. The number of halogens is 1. The molecule has 0 saturated carbocycles. The number of oxime groups is 1. The number of carbonyl (C=O) groups is 1. The van der Waals surface area contributed by atoms with Crippen molar-refractivity contribution in [2.24, 2.45) is 5.16 Å². The summed E-state index contributed by atoms with van der Waals surface area (Å²) in [7, 11) is 0. The van der Waals surface area contributed by atoms with Crippen LogP contribution >= 0.6 is 15.9 Å². The minimum absolute atomic E-state index is 0.0457. The van der Waals surface area contributed by atoms with Crippen molar-refractivity contribution in [3.63, 3.8) is 0 Å². The molecule has 1 aromatic heterocycles. The third-order valence-corrected chi connectivity index (χ3v) is 5.67. The summed E-state index contributed by atoms with van der Waals surface area (Å²) in [6.45, 7) is 0.788. The van der Waals surface area contributed by atoms with Crippen LogP contribution < -0.4 is 0 Å². The second-order valence-corrected chi connectivity index (χ2v) is 7.98. The van der Waals surface area contributed by atoms with Gasteiger partial charge in [0.25, 0.3) is 5.91 Å². The summed E-state index contributed by atoms with van der Waals surface area (Å²) in [5.41, 5.74) is 2.76. The largest absolute Gasteiger partial charge is 0.382 e. The van der Waals surface area contributed by atoms with E-state index in [1.807, 2.05) is 35.2 Å². The van der Waals surface area contributed by atoms with Crippen molar-refractivity contribution in [3.05, 3.63) is 64.4 Å². The molecule has 2 unspecified atom stereocenters. The van der Waals surface area contributed by atoms with Gasteiger partial charge in [-0.2, -0.15) is 0 Å². The standard InChI is InChI=1S/C21H22BrN3O2/c22-16-7-5-6-15(12-16)13-17-8-2-4-11-25(17)21(26)20-14-19(24-27-20)18-9-1-3-10-23-18/h1,3,5-7,9-10,12,17,20H,2,4,8,11,13-14H2. The number of rotatable bonds is 4. The molecule has 4 rings (SSSR count). The monoisotopic (exact) mass is 427 g/mol. The van der Waals surface area contributed by atoms with E-state index in [0.29, 0.717) is 6.42 Å². The van der Waals surface area contributed by atoms with E-state index in [1.54, 1.807) is 6.20 Å². The molecule has 2 aromatic rings. The van der Waals surface area contributed by atoms with Crippen LogP contribution in [0.3, 0.4) is 0 Å². The van der Waals surface area contributed by atoms with E-state index in [-0.39, 0.29) is 11.9 Å². The lowest BCUT2D eigenvalue weighted by molar-refractivity contribution is -0.145. The molecule has 0 bridgehead atoms. The number of hydrogen-bond acceptors (Lipinski definition) is 4. The van der Waals surface area contributed by atoms with Crippen LogP contribution in [0.25, 0.3) is 0 Å². The number of amides is 1. The van der Waals surface area contributed by atoms with Crippen molar-refractivity contribution >= 4 is 27.5 Å². The Kier molecular flexibility index (Phi) is 5.53. The lowest BCUT2D eigenvalue weighted by Crippen LogP contribution is -2.49. The lowest BCUT2D eigenvalue weighted by atomic mass is 9.94. The Morgan fingerprint density at radius 1 is 1.22 bits per heavy atom. The maximum absolute atomic E-state index is 13.1. The quantitative estimate of drug-likeness (QED) is 0.741. The molecule has 0 radical (unpaired) electrons. The first-order valence-electron chi connectivity index (χ1n) is 9.40. The predicted molar refractivity (Wildman–Crippen MR) is 107 cm³/mol. The van der Waals surface area contributed by atoms with Gasteiger partial charge in [-0.05, 0) is 55.5 Å². The van der Waals surface area contributed by atoms with E-state index in [0.717, 1.165) is 48.1 Å². The van der Waals surface area contributed by atoms with Crippen molar-refractivity contribution in [1.29, 1.82) is 0 Å². The predicted octanol–water partition coefficient (Wildman–Crippen LogP) is 3.96. The smallest absolute Gasteiger partial charge is 0.267 e. The summed E-state index contributed by atoms with van der Waals surface area (Å²) >= 11 is 3.53. The first-order chi connectivity index (χ1) is 13.2. The fourth-order valence-electron chi connectivity index (χ4n) is 3.82. The van der Waals surface area contributed by atoms with Gasteiger partial charge in [0, 0.05) is 29.7 Å². The fraction of sp³-hybridized carbons (Fsp3) is 0.381. The number of carbonyl (C=O) groups excluding carboxylic acids is 1. The van der Waals surface area contributed by atoms with Crippen LogP contribution in [0.5, 0.6) is 0 Å². The average Bonchev–Trinajstić information content (AvgIpc) is 3.19. The van der Waals surface area contributed by atoms with E-state index in [4.69, 9.17) is 4.84 Å². The van der Waals surface area contributed by atoms with Gasteiger partial charge >= 0.3 is 0 Å². The van der Waals surface area contributed by atoms with Crippen LogP contribution in [0.4, 0.5) is 0 Å². The zero-order valence-electron chi connectivity index (χ0n) is 15.1. The van der Waals surface area contributed by atoms with Crippen LogP contribution in [-0.4, -0.2) is 40.2 Å². The first-order valence-corrected chi connectivity index (χ1v) is 10.2. The van der Waals surface area contributed by atoms with Crippen LogP contribution in [-0.2, 0) is 16.1 Å². The van der Waals surface area contributed by atoms with Gasteiger partial charge in [-0.1, -0.05) is 39.3 Å². The molecule has 0 aliphatic carbocycles. The fourth-order valence-corrected chi connectivity index (χ4v) is 4.27. The third kappa shape index (κ3) is 4.21. The normalized spacial score (nSPS) is 22.3. The summed E-state index contributed by atoms with van der Waals surface area (Å²) in [5, 5.41) is 4.12. The first kappa shape index (κ1) is 18.2. The highest BCUT2D eigenvalue weighted by atomic mass is 79.9. The Morgan fingerprint density at radius 3 is 2.96 bits per heavy atom. The van der Waals surface area contributed by atoms with Crippen LogP contribution in [0.2, 0.25) is 0 Å². The highest BCUT2D eigenvalue weighted by Gasteiger charge is 2.36. The summed E-state index contributed by atoms with van der Waals surface area (Å²) in [4.78, 5) is 25.0. The van der Waals surface area contributed by atoms with E-state index in [2.05, 4.69) is 38.2 Å². The number of piperidine rings is 1.